The average molecular weight is 335 g/mol. The zero-order valence-electron chi connectivity index (χ0n) is 15.4. The summed E-state index contributed by atoms with van der Waals surface area (Å²) < 4.78 is -0.170. The molecular weight excluding hydrogens is 308 g/mol. The summed E-state index contributed by atoms with van der Waals surface area (Å²) in [7, 11) is 0. The van der Waals surface area contributed by atoms with E-state index in [9.17, 15) is 0 Å². The number of benzene rings is 2. The summed E-state index contributed by atoms with van der Waals surface area (Å²) in [5.41, 5.74) is 12.6. The van der Waals surface area contributed by atoms with Gasteiger partial charge in [-0.3, -0.25) is 0 Å². The number of rotatable bonds is 2. The molecule has 0 saturated heterocycles. The Bertz CT molecular complexity index is 920. The van der Waals surface area contributed by atoms with Crippen molar-refractivity contribution in [3.63, 3.8) is 0 Å². The Morgan fingerprint density at radius 1 is 0.792 bits per heavy atom. The van der Waals surface area contributed by atoms with Crippen LogP contribution in [-0.4, -0.2) is 0 Å². The van der Waals surface area contributed by atoms with E-state index < -0.39 is 0 Å². The van der Waals surface area contributed by atoms with Crippen LogP contribution >= 0.6 is 12.6 Å². The van der Waals surface area contributed by atoms with Crippen molar-refractivity contribution in [1.82, 2.24) is 0 Å². The lowest BCUT2D eigenvalue weighted by Gasteiger charge is -2.42. The van der Waals surface area contributed by atoms with Crippen LogP contribution in [-0.2, 0) is 22.0 Å². The number of fused-ring (bicyclic) bond motifs is 5. The first-order chi connectivity index (χ1) is 11.3. The first-order valence-corrected chi connectivity index (χ1v) is 9.81. The second kappa shape index (κ2) is 4.12. The minimum Gasteiger partial charge on any atom is -0.163 e. The van der Waals surface area contributed by atoms with E-state index in [-0.39, 0.29) is 4.75 Å². The molecule has 0 saturated carbocycles. The van der Waals surface area contributed by atoms with Gasteiger partial charge in [-0.05, 0) is 82.2 Å². The van der Waals surface area contributed by atoms with Crippen molar-refractivity contribution in [2.24, 2.45) is 0 Å². The van der Waals surface area contributed by atoms with Gasteiger partial charge in [0.1, 0.15) is 0 Å². The Morgan fingerprint density at radius 3 is 2.00 bits per heavy atom. The number of thiol groups is 1. The Labute approximate surface area is 151 Å². The summed E-state index contributed by atoms with van der Waals surface area (Å²) in [6, 6.07) is 9.88. The molecule has 0 heterocycles. The molecule has 0 spiro atoms. The van der Waals surface area contributed by atoms with Gasteiger partial charge in [0.25, 0.3) is 0 Å². The van der Waals surface area contributed by atoms with E-state index in [0.717, 1.165) is 0 Å². The minimum atomic E-state index is -0.170. The molecule has 24 heavy (non-hydrogen) atoms. The van der Waals surface area contributed by atoms with Crippen molar-refractivity contribution in [2.75, 3.05) is 0 Å². The molecule has 3 unspecified atom stereocenters. The Kier molecular flexibility index (Phi) is 2.59. The van der Waals surface area contributed by atoms with Crippen LogP contribution in [0.25, 0.3) is 11.1 Å². The first-order valence-electron chi connectivity index (χ1n) is 9.36. The topological polar surface area (TPSA) is 0 Å². The lowest BCUT2D eigenvalue weighted by Crippen LogP contribution is -2.35. The van der Waals surface area contributed by atoms with E-state index >= 15 is 0 Å². The summed E-state index contributed by atoms with van der Waals surface area (Å²) in [4.78, 5) is 0. The van der Waals surface area contributed by atoms with Crippen molar-refractivity contribution in [2.45, 2.75) is 69.5 Å². The minimum absolute atomic E-state index is 0.170. The third-order valence-electron chi connectivity index (χ3n) is 7.58. The van der Waals surface area contributed by atoms with Gasteiger partial charge in [0, 0.05) is 5.41 Å². The highest BCUT2D eigenvalue weighted by Crippen LogP contribution is 2.61. The highest BCUT2D eigenvalue weighted by molar-refractivity contribution is 7.81. The molecule has 0 amide bonds. The number of hydrogen-bond donors (Lipinski definition) is 1. The van der Waals surface area contributed by atoms with E-state index in [1.165, 1.54) is 41.5 Å². The van der Waals surface area contributed by atoms with Crippen LogP contribution in [0, 0.1) is 0 Å². The van der Waals surface area contributed by atoms with Crippen LogP contribution in [0.1, 0.15) is 80.8 Å². The molecule has 3 atom stereocenters. The molecule has 3 aliphatic rings. The van der Waals surface area contributed by atoms with Crippen LogP contribution < -0.4 is 0 Å². The highest BCUT2D eigenvalue weighted by Gasteiger charge is 2.49. The fourth-order valence-corrected chi connectivity index (χ4v) is 5.61. The zero-order valence-corrected chi connectivity index (χ0v) is 16.3. The first kappa shape index (κ1) is 15.1. The molecule has 2 aromatic rings. The molecule has 3 aliphatic carbocycles. The zero-order chi connectivity index (χ0) is 17.1. The van der Waals surface area contributed by atoms with Crippen molar-refractivity contribution in [3.8, 4) is 11.1 Å². The SMILES string of the molecule is CCC1(C)Cc2cc3c(cc21)C(C)(S)c1cc2c(cc1-3)C2(C)CC. The van der Waals surface area contributed by atoms with E-state index in [1.807, 2.05) is 0 Å². The maximum atomic E-state index is 5.16. The predicted octanol–water partition coefficient (Wildman–Crippen LogP) is 6.11. The standard InChI is InChI=1S/C23H26S/c1-6-21(3)12-13-8-14-15-9-19-20(22(19,4)7-2)11-18(15)23(5,24)17(14)10-16(13)21/h8-11,24H,6-7,12H2,1-5H3. The molecule has 2 aromatic carbocycles. The monoisotopic (exact) mass is 334 g/mol. The van der Waals surface area contributed by atoms with Gasteiger partial charge in [-0.25, -0.2) is 0 Å². The second-order valence-corrected chi connectivity index (χ2v) is 9.74. The lowest BCUT2D eigenvalue weighted by molar-refractivity contribution is 0.394. The van der Waals surface area contributed by atoms with Crippen LogP contribution in [0.4, 0.5) is 0 Å². The molecule has 1 heteroatoms. The molecular formula is C23H26S. The van der Waals surface area contributed by atoms with Crippen LogP contribution in [0.2, 0.25) is 0 Å². The molecule has 0 aromatic heterocycles. The molecule has 0 nitrogen and oxygen atoms in total. The fourth-order valence-electron chi connectivity index (χ4n) is 5.24. The van der Waals surface area contributed by atoms with Gasteiger partial charge < -0.3 is 0 Å². The quantitative estimate of drug-likeness (QED) is 0.629. The van der Waals surface area contributed by atoms with Gasteiger partial charge in [-0.15, -0.1) is 0 Å². The predicted molar refractivity (Wildman–Crippen MR) is 105 cm³/mol. The van der Waals surface area contributed by atoms with E-state index in [0.29, 0.717) is 10.8 Å². The molecule has 124 valence electrons. The molecule has 0 fully saturated rings. The van der Waals surface area contributed by atoms with Gasteiger partial charge in [-0.1, -0.05) is 45.9 Å². The third-order valence-corrected chi connectivity index (χ3v) is 8.07. The average Bonchev–Trinajstić information content (AvgIpc) is 3.08. The van der Waals surface area contributed by atoms with Crippen LogP contribution in [0.15, 0.2) is 24.3 Å². The lowest BCUT2D eigenvalue weighted by atomic mass is 9.63. The largest absolute Gasteiger partial charge is 0.163 e. The van der Waals surface area contributed by atoms with E-state index in [2.05, 4.69) is 58.9 Å². The van der Waals surface area contributed by atoms with Gasteiger partial charge in [0.2, 0.25) is 0 Å². The normalized spacial score (nSPS) is 34.1. The third kappa shape index (κ3) is 1.50. The molecule has 0 radical (unpaired) electrons. The Morgan fingerprint density at radius 2 is 1.38 bits per heavy atom. The summed E-state index contributed by atoms with van der Waals surface area (Å²) in [5.74, 6) is 0. The molecule has 0 bridgehead atoms. The number of hydrogen-bond acceptors (Lipinski definition) is 1. The van der Waals surface area contributed by atoms with Gasteiger partial charge in [0.05, 0.1) is 4.75 Å². The van der Waals surface area contributed by atoms with Crippen LogP contribution in [0.5, 0.6) is 0 Å². The second-order valence-electron chi connectivity index (χ2n) is 8.85. The van der Waals surface area contributed by atoms with Crippen LogP contribution in [0.3, 0.4) is 0 Å². The fraction of sp³-hybridized carbons (Fsp3) is 0.478. The molecule has 0 N–H and O–H groups in total. The van der Waals surface area contributed by atoms with Gasteiger partial charge in [-0.2, -0.15) is 12.6 Å². The summed E-state index contributed by atoms with van der Waals surface area (Å²) in [6.07, 6.45) is 3.64. The maximum absolute atomic E-state index is 5.16. The smallest absolute Gasteiger partial charge is 0.0610 e. The Hall–Kier alpha value is -1.21. The summed E-state index contributed by atoms with van der Waals surface area (Å²) >= 11 is 5.16. The Balaban J connectivity index is 1.73. The van der Waals surface area contributed by atoms with Crippen molar-refractivity contribution in [1.29, 1.82) is 0 Å². The highest BCUT2D eigenvalue weighted by atomic mass is 32.1. The molecule has 5 rings (SSSR count). The van der Waals surface area contributed by atoms with Crippen molar-refractivity contribution < 1.29 is 0 Å². The van der Waals surface area contributed by atoms with Crippen molar-refractivity contribution in [3.05, 3.63) is 57.6 Å². The van der Waals surface area contributed by atoms with E-state index in [1.54, 1.807) is 22.3 Å². The summed E-state index contributed by atoms with van der Waals surface area (Å²) in [5, 5.41) is 0. The van der Waals surface area contributed by atoms with Gasteiger partial charge in [0.15, 0.2) is 0 Å². The summed E-state index contributed by atoms with van der Waals surface area (Å²) in [6.45, 7) is 11.7. The maximum Gasteiger partial charge on any atom is 0.0610 e. The molecule has 0 aliphatic heterocycles. The van der Waals surface area contributed by atoms with Crippen molar-refractivity contribution >= 4 is 12.6 Å². The van der Waals surface area contributed by atoms with Gasteiger partial charge >= 0.3 is 0 Å². The van der Waals surface area contributed by atoms with E-state index in [4.69, 9.17) is 12.6 Å².